The molecule has 2 heterocycles. The van der Waals surface area contributed by atoms with E-state index in [4.69, 9.17) is 32.7 Å². The van der Waals surface area contributed by atoms with E-state index in [0.29, 0.717) is 25.4 Å². The number of amides is 2. The zero-order valence-electron chi connectivity index (χ0n) is 21.7. The average Bonchev–Trinajstić information content (AvgIpc) is 3.36. The van der Waals surface area contributed by atoms with Gasteiger partial charge in [-0.25, -0.2) is 18.0 Å². The second-order valence-electron chi connectivity index (χ2n) is 9.73. The molecule has 1 N–H and O–H groups in total. The predicted octanol–water partition coefficient (Wildman–Crippen LogP) is 2.21. The van der Waals surface area contributed by atoms with Gasteiger partial charge >= 0.3 is 12.1 Å². The third-order valence-corrected chi connectivity index (χ3v) is 8.94. The molecule has 2 fully saturated rings. The number of methoxy groups -OCH3 is 1. The smallest absolute Gasteiger partial charge is 0.409 e. The van der Waals surface area contributed by atoms with E-state index in [2.05, 4.69) is 10.2 Å². The summed E-state index contributed by atoms with van der Waals surface area (Å²) >= 11 is 12.0. The number of likely N-dealkylation sites (tertiary alicyclic amines) is 1. The predicted molar refractivity (Wildman–Crippen MR) is 142 cm³/mol. The van der Waals surface area contributed by atoms with Gasteiger partial charge in [0.05, 0.1) is 12.0 Å². The van der Waals surface area contributed by atoms with E-state index in [1.165, 1.54) is 18.2 Å². The number of halogens is 2. The summed E-state index contributed by atoms with van der Waals surface area (Å²) in [5.74, 6) is -1.02. The number of esters is 1. The number of carbonyl (C=O) groups excluding carboxylic acids is 3. The van der Waals surface area contributed by atoms with Crippen molar-refractivity contribution in [3.63, 3.8) is 0 Å². The van der Waals surface area contributed by atoms with E-state index in [9.17, 15) is 22.8 Å². The van der Waals surface area contributed by atoms with Gasteiger partial charge in [0.1, 0.15) is 12.6 Å². The largest absolute Gasteiger partial charge is 0.467 e. The second-order valence-corrected chi connectivity index (χ2v) is 12.5. The summed E-state index contributed by atoms with van der Waals surface area (Å²) in [6.45, 7) is 1.67. The van der Waals surface area contributed by atoms with Crippen LogP contribution in [-0.4, -0.2) is 107 Å². The number of piperidine rings is 1. The Morgan fingerprint density at radius 2 is 1.71 bits per heavy atom. The zero-order chi connectivity index (χ0) is 28.0. The highest BCUT2D eigenvalue weighted by molar-refractivity contribution is 7.89. The van der Waals surface area contributed by atoms with E-state index in [1.54, 1.807) is 4.90 Å². The molecule has 11 nitrogen and oxygen atoms in total. The lowest BCUT2D eigenvalue weighted by Crippen LogP contribution is -2.53. The summed E-state index contributed by atoms with van der Waals surface area (Å²) in [6, 6.07) is 1.56. The third-order valence-electron chi connectivity index (χ3n) is 6.62. The van der Waals surface area contributed by atoms with Crippen LogP contribution in [0, 0.1) is 5.92 Å². The zero-order valence-corrected chi connectivity index (χ0v) is 24.0. The van der Waals surface area contributed by atoms with Gasteiger partial charge in [-0.3, -0.25) is 4.79 Å². The van der Waals surface area contributed by atoms with Crippen molar-refractivity contribution in [2.24, 2.45) is 5.92 Å². The molecule has 212 valence electrons. The van der Waals surface area contributed by atoms with E-state index in [0.717, 1.165) is 30.8 Å². The van der Waals surface area contributed by atoms with Gasteiger partial charge in [0, 0.05) is 36.2 Å². The monoisotopic (exact) mass is 592 g/mol. The Labute approximate surface area is 233 Å². The summed E-state index contributed by atoms with van der Waals surface area (Å²) < 4.78 is 37.7. The first-order valence-corrected chi connectivity index (χ1v) is 14.5. The van der Waals surface area contributed by atoms with Crippen LogP contribution in [0.1, 0.15) is 25.7 Å². The average molecular weight is 594 g/mol. The van der Waals surface area contributed by atoms with E-state index in [1.807, 2.05) is 14.1 Å². The fraction of sp³-hybridized carbons (Fsp3) is 0.625. The molecule has 0 aromatic heterocycles. The number of hydrogen-bond acceptors (Lipinski definition) is 8. The summed E-state index contributed by atoms with van der Waals surface area (Å²) in [5.41, 5.74) is 0. The Bertz CT molecular complexity index is 1110. The number of benzene rings is 1. The topological polar surface area (TPSA) is 126 Å². The lowest BCUT2D eigenvalue weighted by molar-refractivity contribution is -0.146. The van der Waals surface area contributed by atoms with E-state index in [-0.39, 0.29) is 27.9 Å². The number of nitrogens with zero attached hydrogens (tertiary/aromatic N) is 3. The maximum absolute atomic E-state index is 13.3. The highest BCUT2D eigenvalue weighted by atomic mass is 35.5. The molecule has 2 aliphatic heterocycles. The van der Waals surface area contributed by atoms with Crippen molar-refractivity contribution < 1.29 is 32.3 Å². The van der Waals surface area contributed by atoms with Crippen LogP contribution in [0.3, 0.4) is 0 Å². The van der Waals surface area contributed by atoms with Crippen molar-refractivity contribution in [2.75, 3.05) is 54.0 Å². The van der Waals surface area contributed by atoms with Gasteiger partial charge < -0.3 is 24.6 Å². The molecular weight excluding hydrogens is 559 g/mol. The van der Waals surface area contributed by atoms with Crippen LogP contribution in [0.5, 0.6) is 0 Å². The van der Waals surface area contributed by atoms with Crippen molar-refractivity contribution in [2.45, 2.75) is 42.7 Å². The minimum Gasteiger partial charge on any atom is -0.467 e. The van der Waals surface area contributed by atoms with Crippen LogP contribution in [0.2, 0.25) is 10.0 Å². The molecule has 2 amide bonds. The van der Waals surface area contributed by atoms with Crippen molar-refractivity contribution in [3.05, 3.63) is 28.2 Å². The number of carbonyl (C=O) groups is 3. The number of rotatable bonds is 9. The van der Waals surface area contributed by atoms with Gasteiger partial charge in [-0.1, -0.05) is 23.2 Å². The third kappa shape index (κ3) is 7.72. The van der Waals surface area contributed by atoms with Crippen LogP contribution in [0.4, 0.5) is 4.79 Å². The fourth-order valence-electron chi connectivity index (χ4n) is 4.74. The van der Waals surface area contributed by atoms with Crippen LogP contribution in [0.15, 0.2) is 23.1 Å². The first-order chi connectivity index (χ1) is 17.9. The molecule has 2 aliphatic rings. The molecule has 1 aromatic carbocycles. The molecule has 14 heteroatoms. The maximum atomic E-state index is 13.3. The van der Waals surface area contributed by atoms with Crippen LogP contribution in [-0.2, 0) is 29.1 Å². The Morgan fingerprint density at radius 3 is 2.29 bits per heavy atom. The first-order valence-electron chi connectivity index (χ1n) is 12.3. The van der Waals surface area contributed by atoms with Crippen LogP contribution in [0.25, 0.3) is 0 Å². The molecule has 38 heavy (non-hydrogen) atoms. The molecule has 0 radical (unpaired) electrons. The first kappa shape index (κ1) is 30.4. The highest BCUT2D eigenvalue weighted by Gasteiger charge is 2.41. The van der Waals surface area contributed by atoms with Crippen molar-refractivity contribution in [1.29, 1.82) is 0 Å². The van der Waals surface area contributed by atoms with Gasteiger partial charge in [-0.15, -0.1) is 0 Å². The Balaban J connectivity index is 1.63. The molecule has 3 rings (SSSR count). The molecule has 2 saturated heterocycles. The summed E-state index contributed by atoms with van der Waals surface area (Å²) in [4.78, 5) is 41.7. The minimum absolute atomic E-state index is 0.103. The molecule has 1 aromatic rings. The summed E-state index contributed by atoms with van der Waals surface area (Å²) in [7, 11) is 1.07. The molecule has 0 saturated carbocycles. The number of hydrogen-bond donors (Lipinski definition) is 1. The van der Waals surface area contributed by atoms with Gasteiger partial charge in [-0.05, 0) is 63.9 Å². The highest BCUT2D eigenvalue weighted by Crippen LogP contribution is 2.30. The molecule has 0 bridgehead atoms. The van der Waals surface area contributed by atoms with E-state index < -0.39 is 46.7 Å². The summed E-state index contributed by atoms with van der Waals surface area (Å²) in [5, 5.41) is 2.79. The number of ether oxygens (including phenoxy) is 2. The SMILES string of the molecule is COC(=O)[C@H](COC(=O)N1CCC(CN(C)C)CC1)NC(=O)[C@@H]1CCCN1S(=O)(=O)c1cc(Cl)cc(Cl)c1. The summed E-state index contributed by atoms with van der Waals surface area (Å²) in [6.07, 6.45) is 1.78. The van der Waals surface area contributed by atoms with Crippen molar-refractivity contribution in [1.82, 2.24) is 19.4 Å². The van der Waals surface area contributed by atoms with Gasteiger partial charge in [0.15, 0.2) is 6.04 Å². The van der Waals surface area contributed by atoms with Gasteiger partial charge in [0.2, 0.25) is 15.9 Å². The normalized spacial score (nSPS) is 19.8. The number of sulfonamides is 1. The minimum atomic E-state index is -4.10. The van der Waals surface area contributed by atoms with E-state index >= 15 is 0 Å². The molecule has 0 unspecified atom stereocenters. The molecular formula is C24H34Cl2N4O7S. The lowest BCUT2D eigenvalue weighted by Gasteiger charge is -2.32. The van der Waals surface area contributed by atoms with Crippen molar-refractivity contribution in [3.8, 4) is 0 Å². The Morgan fingerprint density at radius 1 is 1.08 bits per heavy atom. The van der Waals surface area contributed by atoms with Crippen LogP contribution >= 0.6 is 23.2 Å². The molecule has 2 atom stereocenters. The van der Waals surface area contributed by atoms with Crippen molar-refractivity contribution >= 4 is 51.2 Å². The number of nitrogens with one attached hydrogen (secondary N) is 1. The second kappa shape index (κ2) is 13.3. The standard InChI is InChI=1S/C24H34Cl2N4O7S/c1-28(2)14-16-6-9-29(10-7-16)24(33)37-15-20(23(32)36-3)27-22(31)21-5-4-8-30(21)38(34,35)19-12-17(25)11-18(26)13-19/h11-13,16,20-21H,4-10,14-15H2,1-3H3,(H,27,31)/t20-,21-/m0/s1. The Kier molecular flexibility index (Phi) is 10.6. The quantitative estimate of drug-likeness (QED) is 0.433. The maximum Gasteiger partial charge on any atom is 0.409 e. The Hall–Kier alpha value is -2.12. The van der Waals surface area contributed by atoms with Gasteiger partial charge in [-0.2, -0.15) is 4.31 Å². The van der Waals surface area contributed by atoms with Gasteiger partial charge in [0.25, 0.3) is 0 Å². The lowest BCUT2D eigenvalue weighted by atomic mass is 9.97. The fourth-order valence-corrected chi connectivity index (χ4v) is 7.13. The van der Waals surface area contributed by atoms with Crippen LogP contribution < -0.4 is 5.32 Å². The molecule has 0 spiro atoms. The molecule has 0 aliphatic carbocycles.